The lowest BCUT2D eigenvalue weighted by Crippen LogP contribution is -2.43. The Labute approximate surface area is 142 Å². The number of aliphatic hydroxyl groups is 1. The summed E-state index contributed by atoms with van der Waals surface area (Å²) in [5.41, 5.74) is 1.15. The van der Waals surface area contributed by atoms with Gasteiger partial charge in [0.2, 0.25) is 0 Å². The molecule has 1 unspecified atom stereocenters. The van der Waals surface area contributed by atoms with Crippen molar-refractivity contribution in [1.82, 2.24) is 10.5 Å². The normalized spacial score (nSPS) is 12.9. The highest BCUT2D eigenvalue weighted by Gasteiger charge is 2.16. The van der Waals surface area contributed by atoms with Crippen molar-refractivity contribution in [1.29, 1.82) is 0 Å². The van der Waals surface area contributed by atoms with E-state index in [0.29, 0.717) is 18.0 Å². The van der Waals surface area contributed by atoms with Crippen molar-refractivity contribution < 1.29 is 14.4 Å². The van der Waals surface area contributed by atoms with Gasteiger partial charge in [0.1, 0.15) is 18.4 Å². The molecule has 1 aromatic carbocycles. The molecule has 0 saturated heterocycles. The number of nitrogens with one attached hydrogen (secondary N) is 1. The van der Waals surface area contributed by atoms with Crippen LogP contribution >= 0.6 is 0 Å². The molecule has 126 valence electrons. The second-order valence-corrected chi connectivity index (χ2v) is 5.92. The maximum Gasteiger partial charge on any atom is 0.186 e. The van der Waals surface area contributed by atoms with Crippen LogP contribution in [0.15, 0.2) is 41.1 Å². The van der Waals surface area contributed by atoms with Gasteiger partial charge in [0.05, 0.1) is 5.54 Å². The monoisotopic (exact) mass is 326 g/mol. The first-order valence-electron chi connectivity index (χ1n) is 7.71. The number of hydrogen-bond acceptors (Lipinski definition) is 5. The molecule has 0 saturated carbocycles. The number of terminal acetylenes is 1. The molecule has 1 aromatic heterocycles. The predicted molar refractivity (Wildman–Crippen MR) is 94.3 cm³/mol. The van der Waals surface area contributed by atoms with Gasteiger partial charge in [-0.2, -0.15) is 0 Å². The lowest BCUT2D eigenvalue weighted by atomic mass is 10.1. The minimum absolute atomic E-state index is 0.112. The summed E-state index contributed by atoms with van der Waals surface area (Å²) in [5.74, 6) is 3.09. The number of rotatable bonds is 8. The van der Waals surface area contributed by atoms with E-state index in [-0.39, 0.29) is 6.61 Å². The lowest BCUT2D eigenvalue weighted by molar-refractivity contribution is 0.102. The summed E-state index contributed by atoms with van der Waals surface area (Å²) in [7, 11) is 0. The first-order valence-corrected chi connectivity index (χ1v) is 7.71. The fourth-order valence-corrected chi connectivity index (χ4v) is 1.87. The Morgan fingerprint density at radius 3 is 2.83 bits per heavy atom. The molecule has 0 bridgehead atoms. The highest BCUT2D eigenvalue weighted by molar-refractivity contribution is 5.70. The summed E-state index contributed by atoms with van der Waals surface area (Å²) < 4.78 is 10.5. The molecule has 2 rings (SSSR count). The fourth-order valence-electron chi connectivity index (χ4n) is 1.87. The van der Waals surface area contributed by atoms with E-state index in [1.165, 1.54) is 6.26 Å². The van der Waals surface area contributed by atoms with Gasteiger partial charge >= 0.3 is 0 Å². The van der Waals surface area contributed by atoms with Crippen LogP contribution in [-0.4, -0.2) is 35.1 Å². The van der Waals surface area contributed by atoms with Crippen LogP contribution in [0.2, 0.25) is 0 Å². The Bertz CT molecular complexity index is 699. The average Bonchev–Trinajstić information content (AvgIpc) is 3.05. The summed E-state index contributed by atoms with van der Waals surface area (Å²) in [5, 5.41) is 17.0. The zero-order valence-corrected chi connectivity index (χ0v) is 13.9. The van der Waals surface area contributed by atoms with Gasteiger partial charge in [0, 0.05) is 6.54 Å². The second-order valence-electron chi connectivity index (χ2n) is 5.92. The van der Waals surface area contributed by atoms with E-state index in [1.54, 1.807) is 6.08 Å². The quantitative estimate of drug-likeness (QED) is 0.730. The minimum atomic E-state index is -0.696. The van der Waals surface area contributed by atoms with Crippen molar-refractivity contribution in [2.45, 2.75) is 25.5 Å². The van der Waals surface area contributed by atoms with Crippen molar-refractivity contribution >= 4 is 12.2 Å². The summed E-state index contributed by atoms with van der Waals surface area (Å²) in [4.78, 5) is 0. The molecule has 5 nitrogen and oxygen atoms in total. The first kappa shape index (κ1) is 17.8. The van der Waals surface area contributed by atoms with Crippen LogP contribution in [0.25, 0.3) is 12.2 Å². The van der Waals surface area contributed by atoms with Crippen LogP contribution in [0.3, 0.4) is 0 Å². The molecule has 2 N–H and O–H groups in total. The number of aromatic nitrogens is 1. The van der Waals surface area contributed by atoms with Crippen molar-refractivity contribution in [3.63, 3.8) is 0 Å². The molecule has 1 heterocycles. The minimum Gasteiger partial charge on any atom is -0.485 e. The molecular weight excluding hydrogens is 304 g/mol. The van der Waals surface area contributed by atoms with Crippen LogP contribution < -0.4 is 10.1 Å². The molecule has 0 aliphatic carbocycles. The van der Waals surface area contributed by atoms with Gasteiger partial charge < -0.3 is 14.4 Å². The molecule has 0 radical (unpaired) electrons. The molecule has 0 aliphatic rings. The SMILES string of the molecule is C#CC(C)(C)NCC(O)COc1conc1C=Cc1ccccc1. The van der Waals surface area contributed by atoms with Crippen molar-refractivity contribution in [2.24, 2.45) is 0 Å². The number of aliphatic hydroxyl groups excluding tert-OH is 1. The van der Waals surface area contributed by atoms with E-state index in [2.05, 4.69) is 16.4 Å². The summed E-state index contributed by atoms with van der Waals surface area (Å²) in [6.45, 7) is 4.18. The van der Waals surface area contributed by atoms with Crippen LogP contribution in [0, 0.1) is 12.3 Å². The van der Waals surface area contributed by atoms with Gasteiger partial charge in [-0.1, -0.05) is 47.5 Å². The number of nitrogens with zero attached hydrogens (tertiary/aromatic N) is 1. The van der Waals surface area contributed by atoms with Gasteiger partial charge in [-0.05, 0) is 25.5 Å². The van der Waals surface area contributed by atoms with E-state index in [0.717, 1.165) is 5.56 Å². The number of β-amino-alcohol motifs (C(OH)–C–C–N with tert-alkyl or cyclic N) is 1. The Kier molecular flexibility index (Phi) is 6.19. The summed E-state index contributed by atoms with van der Waals surface area (Å²) in [6, 6.07) is 9.85. The number of ether oxygens (including phenoxy) is 1. The third-order valence-electron chi connectivity index (χ3n) is 3.37. The van der Waals surface area contributed by atoms with Crippen molar-refractivity contribution in [3.8, 4) is 18.1 Å². The number of hydrogen-bond donors (Lipinski definition) is 2. The molecule has 0 aliphatic heterocycles. The van der Waals surface area contributed by atoms with Crippen LogP contribution in [0.5, 0.6) is 5.75 Å². The van der Waals surface area contributed by atoms with Gasteiger partial charge in [-0.3, -0.25) is 5.32 Å². The topological polar surface area (TPSA) is 67.5 Å². The molecule has 24 heavy (non-hydrogen) atoms. The van der Waals surface area contributed by atoms with E-state index in [9.17, 15) is 5.11 Å². The van der Waals surface area contributed by atoms with Crippen molar-refractivity contribution in [3.05, 3.63) is 47.9 Å². The van der Waals surface area contributed by atoms with E-state index in [4.69, 9.17) is 15.7 Å². The maximum atomic E-state index is 9.98. The largest absolute Gasteiger partial charge is 0.485 e. The lowest BCUT2D eigenvalue weighted by Gasteiger charge is -2.21. The molecule has 0 spiro atoms. The van der Waals surface area contributed by atoms with Gasteiger partial charge in [-0.15, -0.1) is 6.42 Å². The summed E-state index contributed by atoms with van der Waals surface area (Å²) >= 11 is 0. The van der Waals surface area contributed by atoms with Gasteiger partial charge in [0.25, 0.3) is 0 Å². The van der Waals surface area contributed by atoms with Crippen LogP contribution in [0.4, 0.5) is 0 Å². The van der Waals surface area contributed by atoms with Gasteiger partial charge in [-0.25, -0.2) is 0 Å². The standard InChI is InChI=1S/C19H22N2O3/c1-4-19(2,3)20-12-16(22)13-23-18-14-24-21-17(18)11-10-15-8-6-5-7-9-15/h1,5-11,14,16,20,22H,12-13H2,2-3H3. The Hall–Kier alpha value is -2.55. The highest BCUT2D eigenvalue weighted by atomic mass is 16.5. The molecule has 0 amide bonds. The fraction of sp³-hybridized carbons (Fsp3) is 0.316. The number of benzene rings is 1. The molecule has 2 aromatic rings. The van der Waals surface area contributed by atoms with E-state index < -0.39 is 11.6 Å². The van der Waals surface area contributed by atoms with Crippen LogP contribution in [0.1, 0.15) is 25.1 Å². The molecule has 5 heteroatoms. The smallest absolute Gasteiger partial charge is 0.186 e. The summed E-state index contributed by atoms with van der Waals surface area (Å²) in [6.07, 6.45) is 9.83. The Morgan fingerprint density at radius 2 is 2.12 bits per heavy atom. The Morgan fingerprint density at radius 1 is 1.38 bits per heavy atom. The van der Waals surface area contributed by atoms with E-state index in [1.807, 2.05) is 50.3 Å². The highest BCUT2D eigenvalue weighted by Crippen LogP contribution is 2.19. The third-order valence-corrected chi connectivity index (χ3v) is 3.37. The average molecular weight is 326 g/mol. The van der Waals surface area contributed by atoms with Crippen LogP contribution in [-0.2, 0) is 0 Å². The first-order chi connectivity index (χ1) is 11.5. The zero-order valence-electron chi connectivity index (χ0n) is 13.9. The van der Waals surface area contributed by atoms with Crippen molar-refractivity contribution in [2.75, 3.05) is 13.2 Å². The molecular formula is C19H22N2O3. The van der Waals surface area contributed by atoms with Gasteiger partial charge in [0.15, 0.2) is 12.0 Å². The Balaban J connectivity index is 1.87. The molecule has 1 atom stereocenters. The second kappa shape index (κ2) is 8.34. The predicted octanol–water partition coefficient (Wildman–Crippen LogP) is 2.59. The zero-order chi connectivity index (χ0) is 17.4. The third kappa shape index (κ3) is 5.58. The molecule has 0 fully saturated rings. The maximum absolute atomic E-state index is 9.98. The van der Waals surface area contributed by atoms with E-state index >= 15 is 0 Å².